The molecule has 1 atom stereocenters. The summed E-state index contributed by atoms with van der Waals surface area (Å²) >= 11 is 0. The highest BCUT2D eigenvalue weighted by molar-refractivity contribution is 7.89. The van der Waals surface area contributed by atoms with Crippen molar-refractivity contribution >= 4 is 15.9 Å². The molecule has 0 aromatic heterocycles. The lowest BCUT2D eigenvalue weighted by molar-refractivity contribution is -0.125. The topological polar surface area (TPSA) is 75.7 Å². The zero-order chi connectivity index (χ0) is 20.4. The van der Waals surface area contributed by atoms with Gasteiger partial charge in [0.15, 0.2) is 0 Å². The molecule has 1 rings (SSSR count). The molecule has 26 heavy (non-hydrogen) atoms. The maximum absolute atomic E-state index is 13.2. The fraction of sp³-hybridized carbons (Fsp3) is 0.632. The van der Waals surface area contributed by atoms with E-state index >= 15 is 0 Å². The first kappa shape index (κ1) is 22.4. The summed E-state index contributed by atoms with van der Waals surface area (Å²) in [7, 11) is -0.847. The summed E-state index contributed by atoms with van der Waals surface area (Å²) < 4.78 is 32.9. The van der Waals surface area contributed by atoms with E-state index in [1.165, 1.54) is 7.05 Å². The Morgan fingerprint density at radius 2 is 1.73 bits per heavy atom. The van der Waals surface area contributed by atoms with E-state index in [9.17, 15) is 13.2 Å². The van der Waals surface area contributed by atoms with Crippen LogP contribution in [-0.4, -0.2) is 44.4 Å². The zero-order valence-corrected chi connectivity index (χ0v) is 18.1. The molecule has 0 heterocycles. The first-order chi connectivity index (χ1) is 11.7. The highest BCUT2D eigenvalue weighted by Gasteiger charge is 2.33. The standard InChI is InChI=1S/C19H32N2O4S/c1-12(2)15-11-16(25-9)13(3)10-17(15)26(23,24)21(8)14(4)18(22)20-19(5,6)7/h10-12,14H,1-9H3,(H,20,22). The Kier molecular flexibility index (Phi) is 6.87. The van der Waals surface area contributed by atoms with Gasteiger partial charge in [0.2, 0.25) is 15.9 Å². The number of benzene rings is 1. The molecule has 1 aromatic rings. The van der Waals surface area contributed by atoms with E-state index in [0.717, 1.165) is 9.87 Å². The lowest BCUT2D eigenvalue weighted by atomic mass is 10.0. The Labute approximate surface area is 158 Å². The van der Waals surface area contributed by atoms with Crippen molar-refractivity contribution in [2.75, 3.05) is 14.2 Å². The minimum absolute atomic E-state index is 0.0126. The number of hydrogen-bond donors (Lipinski definition) is 1. The quantitative estimate of drug-likeness (QED) is 0.818. The summed E-state index contributed by atoms with van der Waals surface area (Å²) in [5.74, 6) is 0.301. The Bertz CT molecular complexity index is 764. The largest absolute Gasteiger partial charge is 0.496 e. The molecule has 6 nitrogen and oxygen atoms in total. The smallest absolute Gasteiger partial charge is 0.243 e. The van der Waals surface area contributed by atoms with E-state index < -0.39 is 21.6 Å². The van der Waals surface area contributed by atoms with Gasteiger partial charge < -0.3 is 10.1 Å². The zero-order valence-electron chi connectivity index (χ0n) is 17.3. The summed E-state index contributed by atoms with van der Waals surface area (Å²) in [4.78, 5) is 12.6. The van der Waals surface area contributed by atoms with Crippen LogP contribution in [0.15, 0.2) is 17.0 Å². The van der Waals surface area contributed by atoms with Gasteiger partial charge in [0.25, 0.3) is 0 Å². The van der Waals surface area contributed by atoms with Gasteiger partial charge in [0.1, 0.15) is 11.8 Å². The Morgan fingerprint density at radius 3 is 2.15 bits per heavy atom. The predicted molar refractivity (Wildman–Crippen MR) is 104 cm³/mol. The van der Waals surface area contributed by atoms with Crippen LogP contribution in [0.4, 0.5) is 0 Å². The van der Waals surface area contributed by atoms with E-state index in [0.29, 0.717) is 11.3 Å². The predicted octanol–water partition coefficient (Wildman–Crippen LogP) is 3.05. The van der Waals surface area contributed by atoms with Gasteiger partial charge in [0.05, 0.1) is 12.0 Å². The molecular formula is C19H32N2O4S. The second-order valence-electron chi connectivity index (χ2n) is 7.95. The molecule has 0 aliphatic rings. The van der Waals surface area contributed by atoms with Gasteiger partial charge in [-0.25, -0.2) is 8.42 Å². The number of sulfonamides is 1. The number of nitrogens with one attached hydrogen (secondary N) is 1. The molecule has 0 aliphatic heterocycles. The molecule has 0 saturated heterocycles. The van der Waals surface area contributed by atoms with Gasteiger partial charge in [0, 0.05) is 12.6 Å². The molecule has 1 N–H and O–H groups in total. The van der Waals surface area contributed by atoms with Crippen molar-refractivity contribution in [3.63, 3.8) is 0 Å². The fourth-order valence-corrected chi connectivity index (χ4v) is 4.31. The molecule has 0 aliphatic carbocycles. The molecule has 0 saturated carbocycles. The SMILES string of the molecule is COc1cc(C(C)C)c(S(=O)(=O)N(C)C(C)C(=O)NC(C)(C)C)cc1C. The third-order valence-electron chi connectivity index (χ3n) is 4.23. The van der Waals surface area contributed by atoms with Crippen molar-refractivity contribution in [3.05, 3.63) is 23.3 Å². The Morgan fingerprint density at radius 1 is 1.19 bits per heavy atom. The first-order valence-electron chi connectivity index (χ1n) is 8.71. The summed E-state index contributed by atoms with van der Waals surface area (Å²) in [5, 5.41) is 2.83. The van der Waals surface area contributed by atoms with Crippen LogP contribution in [0, 0.1) is 6.92 Å². The molecular weight excluding hydrogens is 352 g/mol. The van der Waals surface area contributed by atoms with E-state index in [4.69, 9.17) is 4.74 Å². The number of ether oxygens (including phenoxy) is 1. The van der Waals surface area contributed by atoms with Crippen molar-refractivity contribution in [2.45, 2.75) is 70.9 Å². The number of carbonyl (C=O) groups is 1. The fourth-order valence-electron chi connectivity index (χ4n) is 2.57. The second-order valence-corrected chi connectivity index (χ2v) is 9.92. The van der Waals surface area contributed by atoms with Crippen molar-refractivity contribution < 1.29 is 17.9 Å². The molecule has 0 spiro atoms. The van der Waals surface area contributed by atoms with Crippen LogP contribution in [0.25, 0.3) is 0 Å². The molecule has 0 bridgehead atoms. The summed E-state index contributed by atoms with van der Waals surface area (Å²) in [6.07, 6.45) is 0. The normalized spacial score (nSPS) is 13.8. The molecule has 1 amide bonds. The maximum atomic E-state index is 13.2. The number of likely N-dealkylation sites (N-methyl/N-ethyl adjacent to an activating group) is 1. The lowest BCUT2D eigenvalue weighted by Gasteiger charge is -2.29. The van der Waals surface area contributed by atoms with Crippen LogP contribution >= 0.6 is 0 Å². The van der Waals surface area contributed by atoms with Gasteiger partial charge in [-0.1, -0.05) is 13.8 Å². The van der Waals surface area contributed by atoms with Crippen LogP contribution in [0.3, 0.4) is 0 Å². The van der Waals surface area contributed by atoms with Gasteiger partial charge in [-0.2, -0.15) is 4.31 Å². The van der Waals surface area contributed by atoms with Crippen LogP contribution in [0.5, 0.6) is 5.75 Å². The highest BCUT2D eigenvalue weighted by Crippen LogP contribution is 2.32. The van der Waals surface area contributed by atoms with Crippen molar-refractivity contribution in [1.29, 1.82) is 0 Å². The van der Waals surface area contributed by atoms with E-state index in [2.05, 4.69) is 5.32 Å². The van der Waals surface area contributed by atoms with Crippen LogP contribution in [0.2, 0.25) is 0 Å². The number of carbonyl (C=O) groups excluding carboxylic acids is 1. The molecule has 0 radical (unpaired) electrons. The number of amides is 1. The average molecular weight is 385 g/mol. The minimum Gasteiger partial charge on any atom is -0.496 e. The summed E-state index contributed by atoms with van der Waals surface area (Å²) in [6, 6.07) is 2.55. The highest BCUT2D eigenvalue weighted by atomic mass is 32.2. The second kappa shape index (κ2) is 7.96. The van der Waals surface area contributed by atoms with Crippen LogP contribution in [0.1, 0.15) is 58.6 Å². The number of hydrogen-bond acceptors (Lipinski definition) is 4. The first-order valence-corrected chi connectivity index (χ1v) is 10.1. The minimum atomic E-state index is -3.85. The van der Waals surface area contributed by atoms with Gasteiger partial charge in [-0.3, -0.25) is 4.79 Å². The molecule has 1 aromatic carbocycles. The lowest BCUT2D eigenvalue weighted by Crippen LogP contribution is -2.51. The van der Waals surface area contributed by atoms with E-state index in [-0.39, 0.29) is 16.7 Å². The third kappa shape index (κ3) is 4.98. The van der Waals surface area contributed by atoms with Crippen molar-refractivity contribution in [1.82, 2.24) is 9.62 Å². The van der Waals surface area contributed by atoms with Gasteiger partial charge in [-0.15, -0.1) is 0 Å². The van der Waals surface area contributed by atoms with Gasteiger partial charge >= 0.3 is 0 Å². The molecule has 0 fully saturated rings. The average Bonchev–Trinajstić information content (AvgIpc) is 2.51. The van der Waals surface area contributed by atoms with E-state index in [1.54, 1.807) is 33.1 Å². The number of nitrogens with zero attached hydrogens (tertiary/aromatic N) is 1. The van der Waals surface area contributed by atoms with E-state index in [1.807, 2.05) is 34.6 Å². The van der Waals surface area contributed by atoms with Crippen LogP contribution in [-0.2, 0) is 14.8 Å². The summed E-state index contributed by atoms with van der Waals surface area (Å²) in [6.45, 7) is 12.8. The van der Waals surface area contributed by atoms with Crippen LogP contribution < -0.4 is 10.1 Å². The molecule has 1 unspecified atom stereocenters. The number of aryl methyl sites for hydroxylation is 1. The van der Waals surface area contributed by atoms with Crippen molar-refractivity contribution in [3.8, 4) is 5.75 Å². The third-order valence-corrected chi connectivity index (χ3v) is 6.21. The number of methoxy groups -OCH3 is 1. The van der Waals surface area contributed by atoms with Crippen molar-refractivity contribution in [2.24, 2.45) is 0 Å². The Hall–Kier alpha value is -1.60. The summed E-state index contributed by atoms with van der Waals surface area (Å²) in [5.41, 5.74) is 0.967. The molecule has 148 valence electrons. The van der Waals surface area contributed by atoms with Gasteiger partial charge in [-0.05, 0) is 63.8 Å². The maximum Gasteiger partial charge on any atom is 0.243 e. The molecule has 7 heteroatoms. The number of rotatable bonds is 6. The Balaban J connectivity index is 3.37. The monoisotopic (exact) mass is 384 g/mol.